The van der Waals surface area contributed by atoms with Gasteiger partial charge >= 0.3 is 0 Å². The van der Waals surface area contributed by atoms with Gasteiger partial charge < -0.3 is 15.2 Å². The average molecular weight is 276 g/mol. The minimum absolute atomic E-state index is 0.229. The van der Waals surface area contributed by atoms with E-state index in [-0.39, 0.29) is 11.6 Å². The van der Waals surface area contributed by atoms with E-state index in [1.165, 1.54) is 12.1 Å². The van der Waals surface area contributed by atoms with Gasteiger partial charge in [-0.2, -0.15) is 0 Å². The number of nitrogens with zero attached hydrogens (tertiary/aromatic N) is 2. The van der Waals surface area contributed by atoms with Crippen molar-refractivity contribution in [3.63, 3.8) is 0 Å². The maximum absolute atomic E-state index is 13.7. The number of para-hydroxylation sites is 1. The first-order chi connectivity index (χ1) is 9.63. The normalized spacial score (nSPS) is 10.3. The summed E-state index contributed by atoms with van der Waals surface area (Å²) in [6, 6.07) is 4.44. The van der Waals surface area contributed by atoms with E-state index in [1.807, 2.05) is 18.5 Å². The molecule has 0 saturated heterocycles. The smallest absolute Gasteiger partial charge is 0.253 e. The molecular formula is C14H17FN4O. The lowest BCUT2D eigenvalue weighted by Crippen LogP contribution is -2.25. The van der Waals surface area contributed by atoms with Gasteiger partial charge in [0.25, 0.3) is 5.91 Å². The predicted octanol–water partition coefficient (Wildman–Crippen LogP) is 1.92. The molecule has 0 radical (unpaired) electrons. The second-order valence-electron chi connectivity index (χ2n) is 4.33. The summed E-state index contributed by atoms with van der Waals surface area (Å²) in [5, 5.41) is 5.61. The molecule has 0 spiro atoms. The monoisotopic (exact) mass is 276 g/mol. The summed E-state index contributed by atoms with van der Waals surface area (Å²) in [6.07, 6.45) is 3.46. The zero-order chi connectivity index (χ0) is 14.5. The number of amides is 1. The molecule has 20 heavy (non-hydrogen) atoms. The van der Waals surface area contributed by atoms with Crippen LogP contribution in [0.5, 0.6) is 0 Å². The number of nitrogens with one attached hydrogen (secondary N) is 2. The molecule has 0 unspecified atom stereocenters. The minimum Gasteiger partial charge on any atom is -0.382 e. The summed E-state index contributed by atoms with van der Waals surface area (Å²) >= 11 is 0. The van der Waals surface area contributed by atoms with Gasteiger partial charge in [0.15, 0.2) is 0 Å². The number of imidazole rings is 1. The summed E-state index contributed by atoms with van der Waals surface area (Å²) < 4.78 is 15.5. The van der Waals surface area contributed by atoms with Gasteiger partial charge in [0, 0.05) is 26.0 Å². The van der Waals surface area contributed by atoms with Crippen molar-refractivity contribution in [3.05, 3.63) is 47.8 Å². The molecule has 106 valence electrons. The lowest BCUT2D eigenvalue weighted by molar-refractivity contribution is 0.0950. The van der Waals surface area contributed by atoms with Crippen LogP contribution in [0.1, 0.15) is 23.1 Å². The minimum atomic E-state index is -0.434. The van der Waals surface area contributed by atoms with Gasteiger partial charge in [-0.25, -0.2) is 9.37 Å². The summed E-state index contributed by atoms with van der Waals surface area (Å²) in [6.45, 7) is 2.69. The molecule has 2 N–H and O–H groups in total. The number of carbonyl (C=O) groups is 1. The third-order valence-corrected chi connectivity index (χ3v) is 2.94. The highest BCUT2D eigenvalue weighted by Gasteiger charge is 2.14. The first-order valence-corrected chi connectivity index (χ1v) is 6.40. The number of aromatic nitrogens is 2. The van der Waals surface area contributed by atoms with Gasteiger partial charge in [-0.3, -0.25) is 4.79 Å². The van der Waals surface area contributed by atoms with E-state index in [2.05, 4.69) is 15.6 Å². The molecule has 0 aliphatic rings. The van der Waals surface area contributed by atoms with Crippen molar-refractivity contribution in [2.45, 2.75) is 13.5 Å². The van der Waals surface area contributed by atoms with E-state index in [0.717, 1.165) is 5.82 Å². The Bertz CT molecular complexity index is 609. The first kappa shape index (κ1) is 14.0. The van der Waals surface area contributed by atoms with Gasteiger partial charge in [0.2, 0.25) is 0 Å². The Morgan fingerprint density at radius 3 is 2.90 bits per heavy atom. The molecule has 0 fully saturated rings. The molecule has 0 aliphatic carbocycles. The average Bonchev–Trinajstić information content (AvgIpc) is 2.84. The zero-order valence-electron chi connectivity index (χ0n) is 11.5. The Kier molecular flexibility index (Phi) is 4.34. The van der Waals surface area contributed by atoms with E-state index < -0.39 is 5.82 Å². The van der Waals surface area contributed by atoms with E-state index in [9.17, 15) is 9.18 Å². The number of hydrogen-bond donors (Lipinski definition) is 2. The van der Waals surface area contributed by atoms with Crippen molar-refractivity contribution >= 4 is 11.6 Å². The molecule has 1 heterocycles. The van der Waals surface area contributed by atoms with E-state index >= 15 is 0 Å². The molecule has 0 bridgehead atoms. The SMILES string of the molecule is CCNc1c(F)cccc1C(=O)NCc1nccn1C. The van der Waals surface area contributed by atoms with Gasteiger partial charge in [-0.15, -0.1) is 0 Å². The van der Waals surface area contributed by atoms with E-state index in [1.54, 1.807) is 18.5 Å². The highest BCUT2D eigenvalue weighted by Crippen LogP contribution is 2.19. The fourth-order valence-electron chi connectivity index (χ4n) is 1.89. The third-order valence-electron chi connectivity index (χ3n) is 2.94. The van der Waals surface area contributed by atoms with Crippen molar-refractivity contribution in [2.75, 3.05) is 11.9 Å². The molecule has 1 amide bonds. The Morgan fingerprint density at radius 1 is 1.45 bits per heavy atom. The topological polar surface area (TPSA) is 59.0 Å². The van der Waals surface area contributed by atoms with Gasteiger partial charge in [-0.1, -0.05) is 6.07 Å². The third kappa shape index (κ3) is 2.96. The standard InChI is InChI=1S/C14H17FN4O/c1-3-16-13-10(5-4-6-11(13)15)14(20)18-9-12-17-7-8-19(12)2/h4-8,16H,3,9H2,1-2H3,(H,18,20). The van der Waals surface area contributed by atoms with Crippen LogP contribution in [-0.4, -0.2) is 22.0 Å². The number of carbonyl (C=O) groups excluding carboxylic acids is 1. The molecule has 2 rings (SSSR count). The van der Waals surface area contributed by atoms with Crippen molar-refractivity contribution in [2.24, 2.45) is 7.05 Å². The largest absolute Gasteiger partial charge is 0.382 e. The fraction of sp³-hybridized carbons (Fsp3) is 0.286. The highest BCUT2D eigenvalue weighted by molar-refractivity contribution is 5.99. The molecule has 0 atom stereocenters. The van der Waals surface area contributed by atoms with E-state index in [0.29, 0.717) is 18.7 Å². The molecule has 0 saturated carbocycles. The second-order valence-corrected chi connectivity index (χ2v) is 4.33. The van der Waals surface area contributed by atoms with Gasteiger partial charge in [0.05, 0.1) is 17.8 Å². The number of hydrogen-bond acceptors (Lipinski definition) is 3. The summed E-state index contributed by atoms with van der Waals surface area (Å²) in [4.78, 5) is 16.3. The van der Waals surface area contributed by atoms with Crippen LogP contribution < -0.4 is 10.6 Å². The Morgan fingerprint density at radius 2 is 2.25 bits per heavy atom. The van der Waals surface area contributed by atoms with Crippen molar-refractivity contribution in [3.8, 4) is 0 Å². The summed E-state index contributed by atoms with van der Waals surface area (Å²) in [5.74, 6) is -0.0281. The molecule has 2 aromatic rings. The molecule has 0 aliphatic heterocycles. The number of benzene rings is 1. The van der Waals surface area contributed by atoms with Crippen molar-refractivity contribution < 1.29 is 9.18 Å². The van der Waals surface area contributed by atoms with Gasteiger partial charge in [-0.05, 0) is 19.1 Å². The number of anilines is 1. The maximum Gasteiger partial charge on any atom is 0.253 e. The Hall–Kier alpha value is -2.37. The summed E-state index contributed by atoms with van der Waals surface area (Å²) in [7, 11) is 1.85. The highest BCUT2D eigenvalue weighted by atomic mass is 19.1. The number of halogens is 1. The Labute approximate surface area is 116 Å². The zero-order valence-corrected chi connectivity index (χ0v) is 11.5. The summed E-state index contributed by atoms with van der Waals surface area (Å²) in [5.41, 5.74) is 0.522. The molecule has 1 aromatic carbocycles. The van der Waals surface area contributed by atoms with Crippen LogP contribution in [-0.2, 0) is 13.6 Å². The maximum atomic E-state index is 13.7. The van der Waals surface area contributed by atoms with Crippen LogP contribution in [0.2, 0.25) is 0 Å². The van der Waals surface area contributed by atoms with E-state index in [4.69, 9.17) is 0 Å². The Balaban J connectivity index is 2.13. The molecule has 6 heteroatoms. The fourth-order valence-corrected chi connectivity index (χ4v) is 1.89. The van der Waals surface area contributed by atoms with Gasteiger partial charge in [0.1, 0.15) is 11.6 Å². The molecule has 5 nitrogen and oxygen atoms in total. The van der Waals surface area contributed by atoms with Crippen LogP contribution in [0.3, 0.4) is 0 Å². The van der Waals surface area contributed by atoms with Crippen LogP contribution >= 0.6 is 0 Å². The number of aryl methyl sites for hydroxylation is 1. The van der Waals surface area contributed by atoms with Crippen LogP contribution in [0.4, 0.5) is 10.1 Å². The van der Waals surface area contributed by atoms with Crippen molar-refractivity contribution in [1.29, 1.82) is 0 Å². The lowest BCUT2D eigenvalue weighted by Gasteiger charge is -2.12. The number of rotatable bonds is 5. The molecule has 1 aromatic heterocycles. The predicted molar refractivity (Wildman–Crippen MR) is 74.9 cm³/mol. The quantitative estimate of drug-likeness (QED) is 0.877. The van der Waals surface area contributed by atoms with Crippen LogP contribution in [0.15, 0.2) is 30.6 Å². The van der Waals surface area contributed by atoms with Crippen LogP contribution in [0, 0.1) is 5.82 Å². The van der Waals surface area contributed by atoms with Crippen LogP contribution in [0.25, 0.3) is 0 Å². The molecular weight excluding hydrogens is 259 g/mol. The van der Waals surface area contributed by atoms with Crippen molar-refractivity contribution in [1.82, 2.24) is 14.9 Å². The first-order valence-electron chi connectivity index (χ1n) is 6.40. The second kappa shape index (κ2) is 6.18. The lowest BCUT2D eigenvalue weighted by atomic mass is 10.1.